The van der Waals surface area contributed by atoms with Crippen molar-refractivity contribution in [3.8, 4) is 0 Å². The number of aromatic carboxylic acids is 1. The number of rotatable bonds is 4. The van der Waals surface area contributed by atoms with Gasteiger partial charge >= 0.3 is 5.97 Å². The molecule has 0 bridgehead atoms. The number of carbonyl (C=O) groups is 2. The van der Waals surface area contributed by atoms with E-state index in [1.165, 1.54) is 6.07 Å². The van der Waals surface area contributed by atoms with Crippen LogP contribution in [0.1, 0.15) is 44.5 Å². The van der Waals surface area contributed by atoms with Crippen LogP contribution in [0.15, 0.2) is 18.2 Å². The van der Waals surface area contributed by atoms with Gasteiger partial charge in [0.1, 0.15) is 0 Å². The molecule has 5 heteroatoms. The highest BCUT2D eigenvalue weighted by atomic mass is 35.5. The Morgan fingerprint density at radius 3 is 2.45 bits per heavy atom. The Labute approximate surface area is 124 Å². The lowest BCUT2D eigenvalue weighted by atomic mass is 9.80. The molecule has 1 unspecified atom stereocenters. The second-order valence-electron chi connectivity index (χ2n) is 5.99. The average molecular weight is 298 g/mol. The molecule has 0 saturated carbocycles. The van der Waals surface area contributed by atoms with Crippen molar-refractivity contribution in [3.05, 3.63) is 28.8 Å². The highest BCUT2D eigenvalue weighted by molar-refractivity contribution is 6.34. The zero-order valence-corrected chi connectivity index (χ0v) is 12.9. The SMILES string of the molecule is CC(CC(=O)Nc1c(Cl)cccc1C(=O)O)C(C)(C)C. The normalized spacial score (nSPS) is 12.8. The summed E-state index contributed by atoms with van der Waals surface area (Å²) in [5.74, 6) is -1.19. The van der Waals surface area contributed by atoms with Crippen molar-refractivity contribution in [1.82, 2.24) is 0 Å². The van der Waals surface area contributed by atoms with Crippen LogP contribution in [-0.2, 0) is 4.79 Å². The van der Waals surface area contributed by atoms with E-state index in [0.717, 1.165) is 0 Å². The fourth-order valence-electron chi connectivity index (χ4n) is 1.60. The van der Waals surface area contributed by atoms with Crippen molar-refractivity contribution in [2.45, 2.75) is 34.1 Å². The summed E-state index contributed by atoms with van der Waals surface area (Å²) >= 11 is 5.97. The molecule has 1 amide bonds. The monoisotopic (exact) mass is 297 g/mol. The number of benzene rings is 1. The van der Waals surface area contributed by atoms with Gasteiger partial charge in [-0.15, -0.1) is 0 Å². The molecule has 0 spiro atoms. The molecule has 110 valence electrons. The summed E-state index contributed by atoms with van der Waals surface area (Å²) in [4.78, 5) is 23.2. The number of hydrogen-bond donors (Lipinski definition) is 2. The van der Waals surface area contributed by atoms with Gasteiger partial charge in [-0.25, -0.2) is 4.79 Å². The maximum Gasteiger partial charge on any atom is 0.337 e. The maximum absolute atomic E-state index is 12.0. The zero-order valence-electron chi connectivity index (χ0n) is 12.2. The number of carboxylic acids is 1. The summed E-state index contributed by atoms with van der Waals surface area (Å²) in [6.45, 7) is 8.17. The molecule has 0 aliphatic carbocycles. The molecule has 1 rings (SSSR count). The fraction of sp³-hybridized carbons (Fsp3) is 0.467. The van der Waals surface area contributed by atoms with Crippen molar-refractivity contribution in [2.24, 2.45) is 11.3 Å². The third kappa shape index (κ3) is 4.23. The van der Waals surface area contributed by atoms with Gasteiger partial charge in [0.05, 0.1) is 16.3 Å². The molecule has 0 aliphatic heterocycles. The van der Waals surface area contributed by atoms with Crippen molar-refractivity contribution in [2.75, 3.05) is 5.32 Å². The molecular formula is C15H20ClNO3. The summed E-state index contributed by atoms with van der Waals surface area (Å²) in [6, 6.07) is 4.51. The summed E-state index contributed by atoms with van der Waals surface area (Å²) in [7, 11) is 0. The molecule has 0 heterocycles. The van der Waals surface area contributed by atoms with Gasteiger partial charge in [0.15, 0.2) is 0 Å². The van der Waals surface area contributed by atoms with Crippen LogP contribution in [0, 0.1) is 11.3 Å². The number of halogens is 1. The second kappa shape index (κ2) is 6.27. The number of carbonyl (C=O) groups excluding carboxylic acids is 1. The van der Waals surface area contributed by atoms with Gasteiger partial charge in [-0.05, 0) is 23.5 Å². The van der Waals surface area contributed by atoms with Crippen LogP contribution in [0.5, 0.6) is 0 Å². The predicted molar refractivity (Wildman–Crippen MR) is 80.3 cm³/mol. The van der Waals surface area contributed by atoms with Gasteiger partial charge < -0.3 is 10.4 Å². The quantitative estimate of drug-likeness (QED) is 0.881. The molecule has 1 aromatic carbocycles. The van der Waals surface area contributed by atoms with E-state index in [-0.39, 0.29) is 33.5 Å². The van der Waals surface area contributed by atoms with E-state index in [2.05, 4.69) is 26.1 Å². The Morgan fingerprint density at radius 1 is 1.35 bits per heavy atom. The molecule has 0 aromatic heterocycles. The van der Waals surface area contributed by atoms with Crippen LogP contribution < -0.4 is 5.32 Å². The molecule has 0 radical (unpaired) electrons. The first-order valence-electron chi connectivity index (χ1n) is 6.44. The summed E-state index contributed by atoms with van der Waals surface area (Å²) in [5, 5.41) is 11.9. The van der Waals surface area contributed by atoms with Crippen LogP contribution in [0.4, 0.5) is 5.69 Å². The molecule has 20 heavy (non-hydrogen) atoms. The summed E-state index contributed by atoms with van der Waals surface area (Å²) in [6.07, 6.45) is 0.313. The van der Waals surface area contributed by atoms with Gasteiger partial charge in [-0.2, -0.15) is 0 Å². The van der Waals surface area contributed by atoms with Crippen molar-refractivity contribution in [1.29, 1.82) is 0 Å². The van der Waals surface area contributed by atoms with Gasteiger partial charge in [0.2, 0.25) is 5.91 Å². The zero-order chi connectivity index (χ0) is 15.5. The van der Waals surface area contributed by atoms with Crippen LogP contribution >= 0.6 is 11.6 Å². The maximum atomic E-state index is 12.0. The smallest absolute Gasteiger partial charge is 0.337 e. The molecule has 0 fully saturated rings. The highest BCUT2D eigenvalue weighted by Crippen LogP contribution is 2.30. The standard InChI is InChI=1S/C15H20ClNO3/c1-9(15(2,3)4)8-12(18)17-13-10(14(19)20)6-5-7-11(13)16/h5-7,9H,8H2,1-4H3,(H,17,18)(H,19,20). The lowest BCUT2D eigenvalue weighted by molar-refractivity contribution is -0.117. The van der Waals surface area contributed by atoms with E-state index < -0.39 is 5.97 Å². The van der Waals surface area contributed by atoms with E-state index >= 15 is 0 Å². The molecular weight excluding hydrogens is 278 g/mol. The van der Waals surface area contributed by atoms with Gasteiger partial charge in [0, 0.05) is 6.42 Å². The molecule has 0 saturated heterocycles. The number of para-hydroxylation sites is 1. The molecule has 1 atom stereocenters. The Morgan fingerprint density at radius 2 is 1.95 bits per heavy atom. The number of carboxylic acid groups (broad SMARTS) is 1. The van der Waals surface area contributed by atoms with Gasteiger partial charge in [-0.3, -0.25) is 4.79 Å². The van der Waals surface area contributed by atoms with Crippen molar-refractivity contribution >= 4 is 29.2 Å². The third-order valence-corrected chi connectivity index (χ3v) is 3.79. The third-order valence-electron chi connectivity index (χ3n) is 3.48. The number of hydrogen-bond acceptors (Lipinski definition) is 2. The largest absolute Gasteiger partial charge is 0.478 e. The first kappa shape index (κ1) is 16.5. The van der Waals surface area contributed by atoms with Crippen molar-refractivity contribution in [3.63, 3.8) is 0 Å². The van der Waals surface area contributed by atoms with E-state index in [4.69, 9.17) is 16.7 Å². The predicted octanol–water partition coefficient (Wildman–Crippen LogP) is 4.05. The first-order valence-corrected chi connectivity index (χ1v) is 6.82. The molecule has 2 N–H and O–H groups in total. The van der Waals surface area contributed by atoms with E-state index in [9.17, 15) is 9.59 Å². The fourth-order valence-corrected chi connectivity index (χ4v) is 1.83. The number of anilines is 1. The minimum absolute atomic E-state index is 0.00531. The summed E-state index contributed by atoms with van der Waals surface area (Å²) in [5.41, 5.74) is 0.162. The van der Waals surface area contributed by atoms with Crippen LogP contribution in [0.2, 0.25) is 5.02 Å². The van der Waals surface area contributed by atoms with Crippen LogP contribution in [-0.4, -0.2) is 17.0 Å². The number of amides is 1. The van der Waals surface area contributed by atoms with E-state index in [1.54, 1.807) is 12.1 Å². The Balaban J connectivity index is 2.89. The second-order valence-corrected chi connectivity index (χ2v) is 6.39. The van der Waals surface area contributed by atoms with Crippen LogP contribution in [0.3, 0.4) is 0 Å². The van der Waals surface area contributed by atoms with E-state index in [0.29, 0.717) is 6.42 Å². The Bertz CT molecular complexity index is 520. The average Bonchev–Trinajstić information content (AvgIpc) is 2.30. The summed E-state index contributed by atoms with van der Waals surface area (Å²) < 4.78 is 0. The minimum Gasteiger partial charge on any atom is -0.478 e. The van der Waals surface area contributed by atoms with Gasteiger partial charge in [0.25, 0.3) is 0 Å². The minimum atomic E-state index is -1.12. The Kier molecular flexibility index (Phi) is 5.17. The number of nitrogens with one attached hydrogen (secondary N) is 1. The molecule has 0 aliphatic rings. The van der Waals surface area contributed by atoms with Crippen molar-refractivity contribution < 1.29 is 14.7 Å². The Hall–Kier alpha value is -1.55. The lowest BCUT2D eigenvalue weighted by Crippen LogP contribution is -2.24. The lowest BCUT2D eigenvalue weighted by Gasteiger charge is -2.26. The highest BCUT2D eigenvalue weighted by Gasteiger charge is 2.23. The first-order chi connectivity index (χ1) is 9.12. The molecule has 4 nitrogen and oxygen atoms in total. The van der Waals surface area contributed by atoms with Gasteiger partial charge in [-0.1, -0.05) is 45.4 Å². The van der Waals surface area contributed by atoms with Crippen LogP contribution in [0.25, 0.3) is 0 Å². The topological polar surface area (TPSA) is 66.4 Å². The van der Waals surface area contributed by atoms with E-state index in [1.807, 2.05) is 6.92 Å². The molecule has 1 aromatic rings.